The van der Waals surface area contributed by atoms with Crippen LogP contribution in [-0.4, -0.2) is 25.7 Å². The molecule has 0 aliphatic heterocycles. The van der Waals surface area contributed by atoms with Crippen molar-refractivity contribution in [1.29, 1.82) is 0 Å². The molecule has 0 atom stereocenters. The Labute approximate surface area is 121 Å². The molecule has 0 N–H and O–H groups in total. The molecule has 0 spiro atoms. The summed E-state index contributed by atoms with van der Waals surface area (Å²) in [5.74, 6) is 0. The van der Waals surface area contributed by atoms with Gasteiger partial charge in [0.1, 0.15) is 12.7 Å². The monoisotopic (exact) mass is 285 g/mol. The first-order chi connectivity index (χ1) is 9.74. The van der Waals surface area contributed by atoms with E-state index in [4.69, 9.17) is 11.6 Å². The third-order valence-electron chi connectivity index (χ3n) is 2.94. The Bertz CT molecular complexity index is 743. The van der Waals surface area contributed by atoms with E-state index in [9.17, 15) is 0 Å². The molecule has 100 valence electrons. The lowest BCUT2D eigenvalue weighted by Crippen LogP contribution is -1.99. The number of rotatable bonds is 3. The Morgan fingerprint density at radius 2 is 2.00 bits per heavy atom. The van der Waals surface area contributed by atoms with Gasteiger partial charge in [0.25, 0.3) is 0 Å². The molecular weight excluding hydrogens is 274 g/mol. The van der Waals surface area contributed by atoms with E-state index in [1.807, 2.05) is 48.0 Å². The predicted octanol–water partition coefficient (Wildman–Crippen LogP) is 2.91. The summed E-state index contributed by atoms with van der Waals surface area (Å²) < 4.78 is 3.55. The molecule has 2 aromatic heterocycles. The average molecular weight is 286 g/mol. The molecule has 3 rings (SSSR count). The van der Waals surface area contributed by atoms with Gasteiger partial charge < -0.3 is 4.57 Å². The highest BCUT2D eigenvalue weighted by molar-refractivity contribution is 6.31. The van der Waals surface area contributed by atoms with Crippen molar-refractivity contribution >= 4 is 17.8 Å². The van der Waals surface area contributed by atoms with E-state index in [1.165, 1.54) is 12.7 Å². The van der Waals surface area contributed by atoms with Crippen LogP contribution in [0.4, 0.5) is 0 Å². The number of aromatic nitrogens is 4. The fourth-order valence-corrected chi connectivity index (χ4v) is 2.02. The largest absolute Gasteiger partial charge is 0.316 e. The molecule has 2 heterocycles. The van der Waals surface area contributed by atoms with E-state index >= 15 is 0 Å². The lowest BCUT2D eigenvalue weighted by Gasteiger charge is -2.08. The minimum Gasteiger partial charge on any atom is -0.316 e. The van der Waals surface area contributed by atoms with Crippen LogP contribution in [0.1, 0.15) is 11.3 Å². The van der Waals surface area contributed by atoms with Gasteiger partial charge in [-0.05, 0) is 36.8 Å². The quantitative estimate of drug-likeness (QED) is 0.695. The van der Waals surface area contributed by atoms with E-state index in [0.29, 0.717) is 0 Å². The van der Waals surface area contributed by atoms with Crippen LogP contribution in [0.5, 0.6) is 0 Å². The maximum absolute atomic E-state index is 6.17. The van der Waals surface area contributed by atoms with E-state index < -0.39 is 0 Å². The number of hydrogen-bond acceptors (Lipinski definition) is 3. The van der Waals surface area contributed by atoms with Gasteiger partial charge >= 0.3 is 0 Å². The van der Waals surface area contributed by atoms with Crippen molar-refractivity contribution in [2.45, 2.75) is 6.92 Å². The van der Waals surface area contributed by atoms with Crippen molar-refractivity contribution in [3.63, 3.8) is 0 Å². The van der Waals surface area contributed by atoms with Gasteiger partial charge in [-0.1, -0.05) is 17.7 Å². The van der Waals surface area contributed by atoms with Crippen LogP contribution in [0, 0.1) is 6.92 Å². The number of nitrogens with zero attached hydrogens (tertiary/aromatic N) is 5. The average Bonchev–Trinajstić information content (AvgIpc) is 3.10. The fourth-order valence-electron chi connectivity index (χ4n) is 1.85. The minimum absolute atomic E-state index is 0.748. The molecule has 1 aromatic carbocycles. The number of aryl methyl sites for hydroxylation is 1. The lowest BCUT2D eigenvalue weighted by atomic mass is 10.2. The molecule has 0 radical (unpaired) electrons. The molecule has 0 aliphatic carbocycles. The number of halogens is 1. The predicted molar refractivity (Wildman–Crippen MR) is 78.5 cm³/mol. The summed E-state index contributed by atoms with van der Waals surface area (Å²) >= 11 is 6.17. The summed E-state index contributed by atoms with van der Waals surface area (Å²) in [6.45, 7) is 1.98. The fraction of sp³-hybridized carbons (Fsp3) is 0.0714. The molecule has 3 aromatic rings. The van der Waals surface area contributed by atoms with Crippen molar-refractivity contribution in [2.24, 2.45) is 5.10 Å². The van der Waals surface area contributed by atoms with Gasteiger partial charge in [0, 0.05) is 16.9 Å². The van der Waals surface area contributed by atoms with Gasteiger partial charge in [-0.2, -0.15) is 5.10 Å². The highest BCUT2D eigenvalue weighted by Gasteiger charge is 2.03. The molecule has 5 nitrogen and oxygen atoms in total. The normalized spacial score (nSPS) is 11.3. The van der Waals surface area contributed by atoms with E-state index in [-0.39, 0.29) is 0 Å². The number of benzene rings is 1. The standard InChI is InChI=1S/C14H12ClN5/c1-11-4-5-12(7-14(11)15)20-6-2-3-13(20)8-18-19-9-16-17-10-19/h2-10H,1H3/b18-8+. The summed E-state index contributed by atoms with van der Waals surface area (Å²) in [7, 11) is 0. The highest BCUT2D eigenvalue weighted by Crippen LogP contribution is 2.20. The summed E-state index contributed by atoms with van der Waals surface area (Å²) in [4.78, 5) is 0. The van der Waals surface area contributed by atoms with Gasteiger partial charge in [-0.25, -0.2) is 4.68 Å². The van der Waals surface area contributed by atoms with Gasteiger partial charge in [-0.15, -0.1) is 10.2 Å². The van der Waals surface area contributed by atoms with Crippen LogP contribution in [0.2, 0.25) is 5.02 Å². The SMILES string of the molecule is Cc1ccc(-n2cccc2/C=N/n2cnnc2)cc1Cl. The first-order valence-electron chi connectivity index (χ1n) is 6.07. The van der Waals surface area contributed by atoms with E-state index in [1.54, 1.807) is 10.9 Å². The molecule has 6 heteroatoms. The zero-order valence-electron chi connectivity index (χ0n) is 10.8. The van der Waals surface area contributed by atoms with E-state index in [2.05, 4.69) is 15.3 Å². The second-order valence-corrected chi connectivity index (χ2v) is 4.73. The molecule has 0 amide bonds. The zero-order valence-corrected chi connectivity index (χ0v) is 11.6. The maximum Gasteiger partial charge on any atom is 0.141 e. The van der Waals surface area contributed by atoms with Crippen LogP contribution < -0.4 is 0 Å². The lowest BCUT2D eigenvalue weighted by molar-refractivity contribution is 0.875. The summed E-state index contributed by atoms with van der Waals surface area (Å²) in [5.41, 5.74) is 3.00. The van der Waals surface area contributed by atoms with Crippen molar-refractivity contribution in [2.75, 3.05) is 0 Å². The van der Waals surface area contributed by atoms with Crippen molar-refractivity contribution in [1.82, 2.24) is 19.4 Å². The van der Waals surface area contributed by atoms with Crippen LogP contribution in [0.15, 0.2) is 54.3 Å². The third kappa shape index (κ3) is 2.48. The van der Waals surface area contributed by atoms with Gasteiger partial charge in [0.15, 0.2) is 0 Å². The first kappa shape index (κ1) is 12.6. The maximum atomic E-state index is 6.17. The molecule has 20 heavy (non-hydrogen) atoms. The van der Waals surface area contributed by atoms with Gasteiger partial charge in [0.2, 0.25) is 0 Å². The summed E-state index contributed by atoms with van der Waals surface area (Å²) in [6, 6.07) is 9.89. The Kier molecular flexibility index (Phi) is 3.35. The Morgan fingerprint density at radius 3 is 2.75 bits per heavy atom. The van der Waals surface area contributed by atoms with Crippen LogP contribution >= 0.6 is 11.6 Å². The van der Waals surface area contributed by atoms with Crippen molar-refractivity contribution < 1.29 is 0 Å². The third-order valence-corrected chi connectivity index (χ3v) is 3.35. The summed E-state index contributed by atoms with van der Waals surface area (Å²) in [5, 5.41) is 12.4. The Morgan fingerprint density at radius 1 is 1.20 bits per heavy atom. The molecule has 0 fully saturated rings. The van der Waals surface area contributed by atoms with Gasteiger partial charge in [-0.3, -0.25) is 0 Å². The second kappa shape index (κ2) is 5.30. The van der Waals surface area contributed by atoms with Crippen molar-refractivity contribution in [3.8, 4) is 5.69 Å². The molecule has 0 bridgehead atoms. The Hall–Kier alpha value is -2.40. The smallest absolute Gasteiger partial charge is 0.141 e. The van der Waals surface area contributed by atoms with Crippen LogP contribution in [0.3, 0.4) is 0 Å². The molecule has 0 saturated carbocycles. The van der Waals surface area contributed by atoms with Crippen LogP contribution in [0.25, 0.3) is 5.69 Å². The molecule has 0 saturated heterocycles. The molecule has 0 unspecified atom stereocenters. The minimum atomic E-state index is 0.748. The topological polar surface area (TPSA) is 48.0 Å². The Balaban J connectivity index is 1.95. The molecular formula is C14H12ClN5. The van der Waals surface area contributed by atoms with Crippen LogP contribution in [-0.2, 0) is 0 Å². The van der Waals surface area contributed by atoms with Gasteiger partial charge in [0.05, 0.1) is 11.9 Å². The second-order valence-electron chi connectivity index (χ2n) is 4.32. The molecule has 0 aliphatic rings. The van der Waals surface area contributed by atoms with Crippen molar-refractivity contribution in [3.05, 3.63) is 65.5 Å². The highest BCUT2D eigenvalue weighted by atomic mass is 35.5. The summed E-state index contributed by atoms with van der Waals surface area (Å²) in [6.07, 6.45) is 6.78. The zero-order chi connectivity index (χ0) is 13.9. The van der Waals surface area contributed by atoms with E-state index in [0.717, 1.165) is 22.0 Å². The first-order valence-corrected chi connectivity index (χ1v) is 6.45. The number of hydrogen-bond donors (Lipinski definition) is 0.